The van der Waals surface area contributed by atoms with Gasteiger partial charge in [0.1, 0.15) is 17.1 Å². The summed E-state index contributed by atoms with van der Waals surface area (Å²) < 4.78 is 13.5. The van der Waals surface area contributed by atoms with Crippen LogP contribution in [0.4, 0.5) is 15.8 Å². The number of hydrogen-bond donors (Lipinski definition) is 2. The van der Waals surface area contributed by atoms with Crippen LogP contribution < -0.4 is 5.32 Å². The Labute approximate surface area is 113 Å². The van der Waals surface area contributed by atoms with Crippen LogP contribution in [0.5, 0.6) is 0 Å². The first-order chi connectivity index (χ1) is 8.86. The fourth-order valence-corrected chi connectivity index (χ4v) is 1.61. The summed E-state index contributed by atoms with van der Waals surface area (Å²) in [5, 5.41) is 22.5. The zero-order chi connectivity index (χ0) is 14.6. The summed E-state index contributed by atoms with van der Waals surface area (Å²) in [5.41, 5.74) is -1.18. The van der Waals surface area contributed by atoms with E-state index in [-0.39, 0.29) is 10.9 Å². The lowest BCUT2D eigenvalue weighted by atomic mass is 10.1. The molecule has 0 saturated heterocycles. The first-order valence-electron chi connectivity index (χ1n) is 5.34. The fraction of sp³-hybridized carbons (Fsp3) is 0.364. The Kier molecular flexibility index (Phi) is 5.11. The molecule has 6 nitrogen and oxygen atoms in total. The number of benzene rings is 1. The molecule has 0 amide bonds. The van der Waals surface area contributed by atoms with Gasteiger partial charge in [-0.1, -0.05) is 6.92 Å². The van der Waals surface area contributed by atoms with Crippen LogP contribution in [0.1, 0.15) is 17.3 Å². The normalized spacial score (nSPS) is 11.9. The number of halogens is 1. The largest absolute Gasteiger partial charge is 0.478 e. The number of rotatable bonds is 6. The summed E-state index contributed by atoms with van der Waals surface area (Å²) in [7, 11) is 0. The van der Waals surface area contributed by atoms with E-state index < -0.39 is 28.0 Å². The predicted octanol–water partition coefficient (Wildman–Crippen LogP) is 2.60. The van der Waals surface area contributed by atoms with Crippen molar-refractivity contribution in [2.45, 2.75) is 12.2 Å². The molecular formula is C11H13FN2O4S. The quantitative estimate of drug-likeness (QED) is 0.617. The Hall–Kier alpha value is -1.83. The van der Waals surface area contributed by atoms with Crippen molar-refractivity contribution < 1.29 is 19.2 Å². The van der Waals surface area contributed by atoms with Gasteiger partial charge in [-0.2, -0.15) is 11.8 Å². The Morgan fingerprint density at radius 2 is 2.26 bits per heavy atom. The molecular weight excluding hydrogens is 275 g/mol. The second-order valence-corrected chi connectivity index (χ2v) is 5.11. The molecule has 104 valence electrons. The molecule has 0 heterocycles. The summed E-state index contributed by atoms with van der Waals surface area (Å²) in [6.07, 6.45) is 1.88. The zero-order valence-electron chi connectivity index (χ0n) is 10.3. The summed E-state index contributed by atoms with van der Waals surface area (Å²) in [6.45, 7) is 2.32. The van der Waals surface area contributed by atoms with Gasteiger partial charge >= 0.3 is 5.97 Å². The molecule has 0 fully saturated rings. The molecule has 0 spiro atoms. The van der Waals surface area contributed by atoms with Gasteiger partial charge in [-0.25, -0.2) is 9.18 Å². The minimum Gasteiger partial charge on any atom is -0.478 e. The maximum Gasteiger partial charge on any atom is 0.338 e. The van der Waals surface area contributed by atoms with Crippen LogP contribution in [-0.2, 0) is 0 Å². The summed E-state index contributed by atoms with van der Waals surface area (Å²) in [5.74, 6) is -2.54. The van der Waals surface area contributed by atoms with E-state index in [0.29, 0.717) is 6.54 Å². The van der Waals surface area contributed by atoms with E-state index in [1.54, 1.807) is 11.8 Å². The van der Waals surface area contributed by atoms with E-state index in [2.05, 4.69) is 5.32 Å². The topological polar surface area (TPSA) is 92.5 Å². The molecule has 8 heteroatoms. The minimum atomic E-state index is -1.54. The van der Waals surface area contributed by atoms with E-state index in [0.717, 1.165) is 12.1 Å². The van der Waals surface area contributed by atoms with Gasteiger partial charge in [0.15, 0.2) is 0 Å². The SMILES string of the molecule is CSC(C)CNc1cc(F)c(C(=O)O)cc1[N+](=O)[O-]. The predicted molar refractivity (Wildman–Crippen MR) is 71.5 cm³/mol. The van der Waals surface area contributed by atoms with Crippen LogP contribution in [-0.4, -0.2) is 34.0 Å². The van der Waals surface area contributed by atoms with Crippen LogP contribution in [0.3, 0.4) is 0 Å². The molecule has 2 N–H and O–H groups in total. The van der Waals surface area contributed by atoms with Gasteiger partial charge in [-0.15, -0.1) is 0 Å². The monoisotopic (exact) mass is 288 g/mol. The summed E-state index contributed by atoms with van der Waals surface area (Å²) in [6, 6.07) is 1.57. The van der Waals surface area contributed by atoms with Gasteiger partial charge in [0, 0.05) is 23.9 Å². The second kappa shape index (κ2) is 6.37. The fourth-order valence-electron chi connectivity index (χ4n) is 1.36. The van der Waals surface area contributed by atoms with Crippen molar-refractivity contribution in [1.29, 1.82) is 0 Å². The van der Waals surface area contributed by atoms with Gasteiger partial charge in [0.25, 0.3) is 5.69 Å². The van der Waals surface area contributed by atoms with E-state index >= 15 is 0 Å². The highest BCUT2D eigenvalue weighted by Crippen LogP contribution is 2.28. The number of nitro groups is 1. The molecule has 0 radical (unpaired) electrons. The number of nitrogens with zero attached hydrogens (tertiary/aromatic N) is 1. The third kappa shape index (κ3) is 3.82. The van der Waals surface area contributed by atoms with Crippen LogP contribution in [0.2, 0.25) is 0 Å². The Morgan fingerprint density at radius 1 is 1.63 bits per heavy atom. The molecule has 0 bridgehead atoms. The van der Waals surface area contributed by atoms with E-state index in [9.17, 15) is 19.3 Å². The molecule has 0 aromatic heterocycles. The van der Waals surface area contributed by atoms with Crippen molar-refractivity contribution in [3.63, 3.8) is 0 Å². The number of nitrogens with one attached hydrogen (secondary N) is 1. The molecule has 0 aliphatic rings. The van der Waals surface area contributed by atoms with Crippen molar-refractivity contribution in [3.8, 4) is 0 Å². The highest BCUT2D eigenvalue weighted by molar-refractivity contribution is 7.99. The molecule has 1 aromatic rings. The van der Waals surface area contributed by atoms with Crippen molar-refractivity contribution in [2.24, 2.45) is 0 Å². The van der Waals surface area contributed by atoms with Crippen LogP contribution in [0.25, 0.3) is 0 Å². The van der Waals surface area contributed by atoms with E-state index in [1.807, 2.05) is 13.2 Å². The van der Waals surface area contributed by atoms with Crippen LogP contribution in [0.15, 0.2) is 12.1 Å². The first kappa shape index (κ1) is 15.2. The number of anilines is 1. The highest BCUT2D eigenvalue weighted by atomic mass is 32.2. The number of carboxylic acids is 1. The molecule has 0 aliphatic carbocycles. The molecule has 1 atom stereocenters. The number of thioether (sulfide) groups is 1. The van der Waals surface area contributed by atoms with Crippen LogP contribution >= 0.6 is 11.8 Å². The Morgan fingerprint density at radius 3 is 2.74 bits per heavy atom. The molecule has 1 aromatic carbocycles. The molecule has 0 saturated carbocycles. The molecule has 1 unspecified atom stereocenters. The molecule has 19 heavy (non-hydrogen) atoms. The smallest absolute Gasteiger partial charge is 0.338 e. The maximum absolute atomic E-state index is 13.5. The van der Waals surface area contributed by atoms with Crippen molar-refractivity contribution >= 4 is 29.1 Å². The number of carboxylic acid groups (broad SMARTS) is 1. The Balaban J connectivity index is 3.12. The summed E-state index contributed by atoms with van der Waals surface area (Å²) >= 11 is 1.55. The minimum absolute atomic E-state index is 0.0200. The average Bonchev–Trinajstić information content (AvgIpc) is 2.34. The second-order valence-electron chi connectivity index (χ2n) is 3.84. The lowest BCUT2D eigenvalue weighted by molar-refractivity contribution is -0.384. The van der Waals surface area contributed by atoms with Gasteiger partial charge in [-0.05, 0) is 6.26 Å². The maximum atomic E-state index is 13.5. The first-order valence-corrected chi connectivity index (χ1v) is 6.63. The highest BCUT2D eigenvalue weighted by Gasteiger charge is 2.21. The van der Waals surface area contributed by atoms with Crippen molar-refractivity contribution in [2.75, 3.05) is 18.1 Å². The third-order valence-corrected chi connectivity index (χ3v) is 3.47. The molecule has 1 rings (SSSR count). The number of nitro benzene ring substituents is 1. The summed E-state index contributed by atoms with van der Waals surface area (Å²) in [4.78, 5) is 20.9. The van der Waals surface area contributed by atoms with Gasteiger partial charge < -0.3 is 10.4 Å². The van der Waals surface area contributed by atoms with E-state index in [1.165, 1.54) is 0 Å². The lowest BCUT2D eigenvalue weighted by Gasteiger charge is -2.12. The number of aromatic carboxylic acids is 1. The van der Waals surface area contributed by atoms with Gasteiger partial charge in [-0.3, -0.25) is 10.1 Å². The average molecular weight is 288 g/mol. The van der Waals surface area contributed by atoms with Gasteiger partial charge in [0.2, 0.25) is 0 Å². The standard InChI is InChI=1S/C11H13FN2O4S/c1-6(19-2)5-13-9-4-8(12)7(11(15)16)3-10(9)14(17)18/h3-4,6,13H,5H2,1-2H3,(H,15,16). The number of hydrogen-bond acceptors (Lipinski definition) is 5. The van der Waals surface area contributed by atoms with Crippen LogP contribution in [0, 0.1) is 15.9 Å². The third-order valence-electron chi connectivity index (χ3n) is 2.49. The Bertz CT molecular complexity index is 510. The zero-order valence-corrected chi connectivity index (χ0v) is 11.2. The van der Waals surface area contributed by atoms with Gasteiger partial charge in [0.05, 0.1) is 4.92 Å². The van der Waals surface area contributed by atoms with E-state index in [4.69, 9.17) is 5.11 Å². The molecule has 0 aliphatic heterocycles. The number of carbonyl (C=O) groups is 1. The lowest BCUT2D eigenvalue weighted by Crippen LogP contribution is -2.14. The van der Waals surface area contributed by atoms with Crippen molar-refractivity contribution in [3.05, 3.63) is 33.6 Å². The van der Waals surface area contributed by atoms with Crippen molar-refractivity contribution in [1.82, 2.24) is 0 Å².